The Morgan fingerprint density at radius 1 is 1.14 bits per heavy atom. The maximum atomic E-state index is 12.4. The summed E-state index contributed by atoms with van der Waals surface area (Å²) in [6.45, 7) is 1.97. The SMILES string of the molecule is Cc1nc(-c2ccc(CC(=O)Nc3ccc(Cl)c(C(=O)N(C)C)c3)cc2)cs1. The molecule has 3 aromatic rings. The average molecular weight is 414 g/mol. The minimum Gasteiger partial charge on any atom is -0.345 e. The maximum Gasteiger partial charge on any atom is 0.254 e. The number of nitrogens with zero attached hydrogens (tertiary/aromatic N) is 2. The Morgan fingerprint density at radius 3 is 2.46 bits per heavy atom. The number of nitrogens with one attached hydrogen (secondary N) is 1. The van der Waals surface area contributed by atoms with Crippen LogP contribution in [-0.2, 0) is 11.2 Å². The molecule has 0 aliphatic carbocycles. The van der Waals surface area contributed by atoms with Gasteiger partial charge in [-0.25, -0.2) is 4.98 Å². The van der Waals surface area contributed by atoms with Gasteiger partial charge in [-0.15, -0.1) is 11.3 Å². The Morgan fingerprint density at radius 2 is 1.86 bits per heavy atom. The second kappa shape index (κ2) is 8.54. The van der Waals surface area contributed by atoms with Crippen molar-refractivity contribution in [3.05, 3.63) is 69.0 Å². The number of anilines is 1. The van der Waals surface area contributed by atoms with E-state index in [9.17, 15) is 9.59 Å². The monoisotopic (exact) mass is 413 g/mol. The largest absolute Gasteiger partial charge is 0.345 e. The van der Waals surface area contributed by atoms with Gasteiger partial charge in [-0.05, 0) is 30.7 Å². The van der Waals surface area contributed by atoms with Crippen molar-refractivity contribution in [2.45, 2.75) is 13.3 Å². The Bertz CT molecular complexity index is 1010. The van der Waals surface area contributed by atoms with E-state index in [4.69, 9.17) is 11.6 Å². The van der Waals surface area contributed by atoms with Crippen molar-refractivity contribution in [1.29, 1.82) is 0 Å². The van der Waals surface area contributed by atoms with E-state index < -0.39 is 0 Å². The molecule has 0 atom stereocenters. The lowest BCUT2D eigenvalue weighted by atomic mass is 10.1. The van der Waals surface area contributed by atoms with E-state index in [1.165, 1.54) is 4.90 Å². The van der Waals surface area contributed by atoms with Gasteiger partial charge in [0.25, 0.3) is 5.91 Å². The molecule has 0 radical (unpaired) electrons. The van der Waals surface area contributed by atoms with E-state index in [0.717, 1.165) is 21.8 Å². The lowest BCUT2D eigenvalue weighted by Crippen LogP contribution is -2.22. The van der Waals surface area contributed by atoms with Crippen molar-refractivity contribution in [2.24, 2.45) is 0 Å². The lowest BCUT2D eigenvalue weighted by Gasteiger charge is -2.13. The van der Waals surface area contributed by atoms with E-state index in [0.29, 0.717) is 16.3 Å². The number of aryl methyl sites for hydroxylation is 1. The van der Waals surface area contributed by atoms with Crippen LogP contribution in [0.3, 0.4) is 0 Å². The summed E-state index contributed by atoms with van der Waals surface area (Å²) in [6.07, 6.45) is 0.232. The summed E-state index contributed by atoms with van der Waals surface area (Å²) in [5.41, 5.74) is 3.75. The summed E-state index contributed by atoms with van der Waals surface area (Å²) in [6, 6.07) is 12.7. The molecule has 0 spiro atoms. The fraction of sp³-hybridized carbons (Fsp3) is 0.190. The predicted molar refractivity (Wildman–Crippen MR) is 114 cm³/mol. The molecule has 0 aliphatic heterocycles. The molecule has 5 nitrogen and oxygen atoms in total. The molecule has 1 heterocycles. The molecule has 0 bridgehead atoms. The minimum absolute atomic E-state index is 0.164. The first kappa shape index (κ1) is 20.0. The summed E-state index contributed by atoms with van der Waals surface area (Å²) < 4.78 is 0. The van der Waals surface area contributed by atoms with Gasteiger partial charge >= 0.3 is 0 Å². The highest BCUT2D eigenvalue weighted by Crippen LogP contribution is 2.23. The van der Waals surface area contributed by atoms with Crippen molar-refractivity contribution in [3.63, 3.8) is 0 Å². The first-order chi connectivity index (χ1) is 13.3. The standard InChI is InChI=1S/C21H20ClN3O2S/c1-13-23-19(12-28-13)15-6-4-14(5-7-15)10-20(26)24-16-8-9-18(22)17(11-16)21(27)25(2)3/h4-9,11-12H,10H2,1-3H3,(H,24,26). The Labute approximate surface area is 173 Å². The van der Waals surface area contributed by atoms with Gasteiger partial charge < -0.3 is 10.2 Å². The molecule has 7 heteroatoms. The molecule has 0 saturated carbocycles. The molecule has 28 heavy (non-hydrogen) atoms. The normalized spacial score (nSPS) is 10.6. The van der Waals surface area contributed by atoms with Gasteiger partial charge in [0.2, 0.25) is 5.91 Å². The number of benzene rings is 2. The van der Waals surface area contributed by atoms with Crippen LogP contribution in [-0.4, -0.2) is 35.8 Å². The van der Waals surface area contributed by atoms with E-state index in [1.807, 2.05) is 36.6 Å². The zero-order valence-electron chi connectivity index (χ0n) is 15.8. The van der Waals surface area contributed by atoms with Gasteiger partial charge in [-0.3, -0.25) is 9.59 Å². The number of carbonyl (C=O) groups excluding carboxylic acids is 2. The van der Waals surface area contributed by atoms with E-state index in [-0.39, 0.29) is 18.2 Å². The van der Waals surface area contributed by atoms with Gasteiger partial charge in [0.15, 0.2) is 0 Å². The quantitative estimate of drug-likeness (QED) is 0.661. The van der Waals surface area contributed by atoms with E-state index in [2.05, 4.69) is 10.3 Å². The highest BCUT2D eigenvalue weighted by atomic mass is 35.5. The van der Waals surface area contributed by atoms with E-state index >= 15 is 0 Å². The minimum atomic E-state index is -0.214. The first-order valence-electron chi connectivity index (χ1n) is 8.66. The molecule has 3 rings (SSSR count). The number of hydrogen-bond acceptors (Lipinski definition) is 4. The molecule has 0 fully saturated rings. The van der Waals surface area contributed by atoms with Crippen molar-refractivity contribution in [3.8, 4) is 11.3 Å². The molecular formula is C21H20ClN3O2S. The first-order valence-corrected chi connectivity index (χ1v) is 9.92. The van der Waals surface area contributed by atoms with Crippen LogP contribution < -0.4 is 5.32 Å². The number of amides is 2. The third-order valence-corrected chi connectivity index (χ3v) is 5.22. The summed E-state index contributed by atoms with van der Waals surface area (Å²) in [5, 5.41) is 6.21. The van der Waals surface area contributed by atoms with Gasteiger partial charge in [0, 0.05) is 30.7 Å². The van der Waals surface area contributed by atoms with Gasteiger partial charge in [0.05, 0.1) is 27.7 Å². The second-order valence-electron chi connectivity index (χ2n) is 6.57. The van der Waals surface area contributed by atoms with E-state index in [1.54, 1.807) is 43.6 Å². The second-order valence-corrected chi connectivity index (χ2v) is 8.04. The zero-order chi connectivity index (χ0) is 20.3. The summed E-state index contributed by atoms with van der Waals surface area (Å²) in [4.78, 5) is 30.5. The Balaban J connectivity index is 1.67. The van der Waals surface area contributed by atoms with Gasteiger partial charge in [0.1, 0.15) is 0 Å². The van der Waals surface area contributed by atoms with Crippen molar-refractivity contribution < 1.29 is 9.59 Å². The fourth-order valence-corrected chi connectivity index (χ4v) is 3.51. The molecule has 2 aromatic carbocycles. The van der Waals surface area contributed by atoms with Crippen LogP contribution in [0.15, 0.2) is 47.8 Å². The highest BCUT2D eigenvalue weighted by molar-refractivity contribution is 7.09. The lowest BCUT2D eigenvalue weighted by molar-refractivity contribution is -0.115. The summed E-state index contributed by atoms with van der Waals surface area (Å²) in [5.74, 6) is -0.378. The third kappa shape index (κ3) is 4.77. The molecule has 0 aliphatic rings. The van der Waals surface area contributed by atoms with Crippen LogP contribution in [0.2, 0.25) is 5.02 Å². The van der Waals surface area contributed by atoms with Crippen LogP contribution in [0.4, 0.5) is 5.69 Å². The summed E-state index contributed by atoms with van der Waals surface area (Å²) >= 11 is 7.71. The molecule has 144 valence electrons. The van der Waals surface area contributed by atoms with Crippen LogP contribution in [0.25, 0.3) is 11.3 Å². The smallest absolute Gasteiger partial charge is 0.254 e. The summed E-state index contributed by atoms with van der Waals surface area (Å²) in [7, 11) is 3.31. The Hall–Kier alpha value is -2.70. The molecule has 1 aromatic heterocycles. The fourth-order valence-electron chi connectivity index (χ4n) is 2.69. The predicted octanol–water partition coefficient (Wildman–Crippen LogP) is 4.65. The number of aromatic nitrogens is 1. The van der Waals surface area contributed by atoms with Crippen molar-refractivity contribution in [2.75, 3.05) is 19.4 Å². The van der Waals surface area contributed by atoms with Crippen LogP contribution in [0.1, 0.15) is 20.9 Å². The molecule has 0 unspecified atom stereocenters. The molecule has 0 saturated heterocycles. The van der Waals surface area contributed by atoms with Crippen molar-refractivity contribution >= 4 is 40.4 Å². The van der Waals surface area contributed by atoms with Crippen LogP contribution in [0, 0.1) is 6.92 Å². The van der Waals surface area contributed by atoms with Gasteiger partial charge in [-0.1, -0.05) is 35.9 Å². The molecule has 1 N–H and O–H groups in total. The number of halogens is 1. The number of carbonyl (C=O) groups is 2. The average Bonchev–Trinajstić information content (AvgIpc) is 3.09. The zero-order valence-corrected chi connectivity index (χ0v) is 17.4. The molecule has 2 amide bonds. The molecular weight excluding hydrogens is 394 g/mol. The Kier molecular flexibility index (Phi) is 6.11. The van der Waals surface area contributed by atoms with Gasteiger partial charge in [-0.2, -0.15) is 0 Å². The highest BCUT2D eigenvalue weighted by Gasteiger charge is 2.14. The number of rotatable bonds is 5. The van der Waals surface area contributed by atoms with Crippen molar-refractivity contribution in [1.82, 2.24) is 9.88 Å². The number of thiazole rings is 1. The van der Waals surface area contributed by atoms with Crippen LogP contribution >= 0.6 is 22.9 Å². The van der Waals surface area contributed by atoms with Crippen LogP contribution in [0.5, 0.6) is 0 Å². The maximum absolute atomic E-state index is 12.4. The third-order valence-electron chi connectivity index (χ3n) is 4.12. The number of hydrogen-bond donors (Lipinski definition) is 1. The topological polar surface area (TPSA) is 62.3 Å².